The van der Waals surface area contributed by atoms with E-state index in [1.54, 1.807) is 6.20 Å². The molecule has 1 N–H and O–H groups in total. The third-order valence-electron chi connectivity index (χ3n) is 7.54. The molecule has 0 saturated carbocycles. The summed E-state index contributed by atoms with van der Waals surface area (Å²) in [4.78, 5) is 5.37. The van der Waals surface area contributed by atoms with Crippen LogP contribution in [-0.4, -0.2) is 63.0 Å². The van der Waals surface area contributed by atoms with Crippen molar-refractivity contribution in [3.05, 3.63) is 39.4 Å². The van der Waals surface area contributed by atoms with Crippen molar-refractivity contribution in [3.63, 3.8) is 0 Å². The average molecular weight is 656 g/mol. The molecule has 3 aliphatic heterocycles. The van der Waals surface area contributed by atoms with Crippen molar-refractivity contribution < 1.29 is 44.8 Å². The number of aryl methyl sites for hydroxylation is 1. The van der Waals surface area contributed by atoms with Crippen molar-refractivity contribution >= 4 is 11.3 Å². The van der Waals surface area contributed by atoms with E-state index >= 15 is 0 Å². The summed E-state index contributed by atoms with van der Waals surface area (Å²) >= 11 is 1.95. The van der Waals surface area contributed by atoms with Gasteiger partial charge >= 0.3 is 0 Å². The van der Waals surface area contributed by atoms with E-state index in [1.807, 2.05) is 11.3 Å². The van der Waals surface area contributed by atoms with Gasteiger partial charge < -0.3 is 19.0 Å². The molecule has 2 aromatic heterocycles. The quantitative estimate of drug-likeness (QED) is 0.380. The summed E-state index contributed by atoms with van der Waals surface area (Å²) in [5, 5.41) is 18.9. The first-order chi connectivity index (χ1) is 15.9. The van der Waals surface area contributed by atoms with Gasteiger partial charge in [-0.25, -0.2) is 0 Å². The molecule has 5 heterocycles. The van der Waals surface area contributed by atoms with E-state index in [2.05, 4.69) is 35.1 Å². The number of hydrogen-bond donors (Lipinski definition) is 1. The maximum Gasteiger partial charge on any atom is 0.0969 e. The first kappa shape index (κ1) is 26.5. The second kappa shape index (κ2) is 10.8. The van der Waals surface area contributed by atoms with E-state index in [-0.39, 0.29) is 50.8 Å². The number of aliphatic hydroxyl groups is 1. The number of aromatic nitrogens is 3. The summed E-state index contributed by atoms with van der Waals surface area (Å²) in [6.07, 6.45) is 5.92. The third kappa shape index (κ3) is 5.27. The molecular weight excluding hydrogens is 622 g/mol. The second-order valence-electron chi connectivity index (χ2n) is 9.73. The molecule has 10 heteroatoms. The van der Waals surface area contributed by atoms with Crippen LogP contribution >= 0.6 is 11.3 Å². The summed E-state index contributed by atoms with van der Waals surface area (Å²) in [6, 6.07) is 2.72. The summed E-state index contributed by atoms with van der Waals surface area (Å²) in [5.41, 5.74) is 0.657. The van der Waals surface area contributed by atoms with Gasteiger partial charge in [-0.2, -0.15) is 0 Å². The number of nitrogens with zero attached hydrogens (tertiary/aromatic N) is 4. The zero-order valence-electron chi connectivity index (χ0n) is 20.1. The van der Waals surface area contributed by atoms with Crippen molar-refractivity contribution in [2.45, 2.75) is 82.7 Å². The Kier molecular flexibility index (Phi) is 8.47. The number of fused-ring (bicyclic) bond motifs is 2. The Bertz CT molecular complexity index is 966. The van der Waals surface area contributed by atoms with Crippen LogP contribution in [0.4, 0.5) is 4.39 Å². The van der Waals surface area contributed by atoms with Crippen molar-refractivity contribution in [3.8, 4) is 0 Å². The van der Waals surface area contributed by atoms with E-state index in [9.17, 15) is 9.50 Å². The van der Waals surface area contributed by atoms with Gasteiger partial charge in [0.25, 0.3) is 0 Å². The van der Waals surface area contributed by atoms with Crippen molar-refractivity contribution in [2.75, 3.05) is 26.4 Å². The molecular formula is C24H34FHfN4O3S-. The Hall–Kier alpha value is -0.520. The molecule has 0 unspecified atom stereocenters. The Morgan fingerprint density at radius 3 is 2.82 bits per heavy atom. The second-order valence-corrected chi connectivity index (χ2v) is 10.9. The monoisotopic (exact) mass is 657 g/mol. The largest absolute Gasteiger partial charge is 0.451 e. The van der Waals surface area contributed by atoms with Gasteiger partial charge in [-0.05, 0) is 62.8 Å². The number of hydrogen-bond acceptors (Lipinski definition) is 7. The summed E-state index contributed by atoms with van der Waals surface area (Å²) in [7, 11) is 0. The third-order valence-corrected chi connectivity index (χ3v) is 8.87. The number of rotatable bonds is 6. The maximum atomic E-state index is 14.7. The van der Waals surface area contributed by atoms with E-state index in [0.717, 1.165) is 44.5 Å². The SMILES string of the molecule is CCc1cc2c(s1)CCO[C@@]21CCN(Cc2cn(C[C-](F)C3(O)CCOCC3)nn2)[C@@H](C)C1.[Hf]. The fourth-order valence-electron chi connectivity index (χ4n) is 5.48. The van der Waals surface area contributed by atoms with Gasteiger partial charge in [0.15, 0.2) is 0 Å². The fourth-order valence-corrected chi connectivity index (χ4v) is 6.65. The Morgan fingerprint density at radius 2 is 2.09 bits per heavy atom. The molecule has 2 fully saturated rings. The number of thiophene rings is 1. The predicted molar refractivity (Wildman–Crippen MR) is 124 cm³/mol. The molecule has 0 radical (unpaired) electrons. The van der Waals surface area contributed by atoms with Crippen molar-refractivity contribution in [1.82, 2.24) is 19.9 Å². The molecule has 34 heavy (non-hydrogen) atoms. The van der Waals surface area contributed by atoms with E-state index in [4.69, 9.17) is 9.47 Å². The average Bonchev–Trinajstić information content (AvgIpc) is 3.44. The van der Waals surface area contributed by atoms with Gasteiger partial charge in [0.05, 0.1) is 17.9 Å². The zero-order chi connectivity index (χ0) is 23.1. The zero-order valence-corrected chi connectivity index (χ0v) is 24.5. The summed E-state index contributed by atoms with van der Waals surface area (Å²) in [6.45, 7) is 7.54. The van der Waals surface area contributed by atoms with Crippen LogP contribution < -0.4 is 0 Å². The standard InChI is InChI=1S/C24H34FN4O3S.Hf/c1-3-19-12-20-21(33-19)4-9-32-24(20)5-8-28(17(2)13-24)14-18-15-29(27-26-18)16-22(25)23(30)6-10-31-11-7-23;/h12,15,17,30H,3-11,13-14,16H2,1-2H3;/q-1;/t17-,24+;/m0./s1. The molecule has 2 aromatic rings. The first-order valence-corrected chi connectivity index (χ1v) is 12.9. The van der Waals surface area contributed by atoms with Gasteiger partial charge in [-0.15, -0.1) is 22.6 Å². The molecule has 0 bridgehead atoms. The van der Waals surface area contributed by atoms with Crippen LogP contribution in [0.25, 0.3) is 0 Å². The summed E-state index contributed by atoms with van der Waals surface area (Å²) in [5.74, 6) is 0. The smallest absolute Gasteiger partial charge is 0.0969 e. The van der Waals surface area contributed by atoms with E-state index in [0.29, 0.717) is 25.8 Å². The van der Waals surface area contributed by atoms with Gasteiger partial charge in [0.1, 0.15) is 0 Å². The van der Waals surface area contributed by atoms with Crippen molar-refractivity contribution in [2.24, 2.45) is 0 Å². The van der Waals surface area contributed by atoms with Crippen LogP contribution in [0, 0.1) is 6.17 Å². The normalized spacial score (nSPS) is 27.0. The van der Waals surface area contributed by atoms with Crippen LogP contribution in [0.1, 0.15) is 60.5 Å². The van der Waals surface area contributed by atoms with Crippen molar-refractivity contribution in [1.29, 1.82) is 0 Å². The fraction of sp³-hybridized carbons (Fsp3) is 0.708. The minimum absolute atomic E-state index is 0. The minimum Gasteiger partial charge on any atom is -0.451 e. The van der Waals surface area contributed by atoms with Crippen LogP contribution in [0.5, 0.6) is 0 Å². The molecule has 5 rings (SSSR count). The van der Waals surface area contributed by atoms with Crippen LogP contribution in [0.2, 0.25) is 0 Å². The Balaban J connectivity index is 0.00000274. The Labute approximate surface area is 223 Å². The molecule has 0 aliphatic carbocycles. The number of likely N-dealkylation sites (tertiary alicyclic amines) is 1. The van der Waals surface area contributed by atoms with Gasteiger partial charge in [-0.3, -0.25) is 9.58 Å². The molecule has 7 nitrogen and oxygen atoms in total. The van der Waals surface area contributed by atoms with Gasteiger partial charge in [0, 0.05) is 80.6 Å². The van der Waals surface area contributed by atoms with Gasteiger partial charge in [-0.1, -0.05) is 12.1 Å². The molecule has 3 aliphatic rings. The van der Waals surface area contributed by atoms with Gasteiger partial charge in [0.2, 0.25) is 0 Å². The maximum absolute atomic E-state index is 14.7. The minimum atomic E-state index is -1.42. The van der Waals surface area contributed by atoms with Crippen LogP contribution in [0.3, 0.4) is 0 Å². The number of halogens is 1. The molecule has 2 saturated heterocycles. The molecule has 0 amide bonds. The molecule has 1 spiro atoms. The van der Waals surface area contributed by atoms with E-state index in [1.165, 1.54) is 20.0 Å². The summed E-state index contributed by atoms with van der Waals surface area (Å²) < 4.78 is 27.9. The van der Waals surface area contributed by atoms with E-state index < -0.39 is 11.8 Å². The topological polar surface area (TPSA) is 72.6 Å². The molecule has 2 atom stereocenters. The first-order valence-electron chi connectivity index (χ1n) is 12.1. The predicted octanol–water partition coefficient (Wildman–Crippen LogP) is 3.39. The Morgan fingerprint density at radius 1 is 1.29 bits per heavy atom. The molecule has 186 valence electrons. The molecule has 0 aromatic carbocycles. The van der Waals surface area contributed by atoms with Crippen LogP contribution in [-0.2, 0) is 66.8 Å². The van der Waals surface area contributed by atoms with Crippen LogP contribution in [0.15, 0.2) is 12.3 Å². The number of piperidine rings is 1. The number of ether oxygens (including phenoxy) is 2.